The fraction of sp³-hybridized carbons (Fsp3) is 0.300. The molecule has 4 heteroatoms. The van der Waals surface area contributed by atoms with Gasteiger partial charge >= 0.3 is 5.97 Å². The first-order valence-electron chi connectivity index (χ1n) is 4.28. The Bertz CT molecular complexity index is 337. The molecule has 76 valence electrons. The summed E-state index contributed by atoms with van der Waals surface area (Å²) in [5, 5.41) is 8.80. The molecule has 1 aromatic carbocycles. The number of nitrogens with two attached hydrogens (primary N) is 1. The quantitative estimate of drug-likeness (QED) is 0.748. The van der Waals surface area contributed by atoms with Gasteiger partial charge in [0.05, 0.1) is 0 Å². The summed E-state index contributed by atoms with van der Waals surface area (Å²) in [5.74, 6) is -1.01. The molecular weight excluding hydrogens is 180 g/mol. The van der Waals surface area contributed by atoms with Crippen LogP contribution in [0.2, 0.25) is 0 Å². The molecule has 0 aromatic heterocycles. The molecule has 1 atom stereocenters. The Labute approximate surface area is 82.9 Å². The predicted molar refractivity (Wildman–Crippen MR) is 55.3 cm³/mol. The zero-order chi connectivity index (χ0) is 10.7. The summed E-state index contributed by atoms with van der Waals surface area (Å²) in [6, 6.07) is 6.25. The lowest BCUT2D eigenvalue weighted by molar-refractivity contribution is -0.138. The van der Waals surface area contributed by atoms with E-state index in [0.29, 0.717) is 5.56 Å². The number of anilines is 1. The molecule has 0 saturated carbocycles. The van der Waals surface area contributed by atoms with Crippen LogP contribution in [0.15, 0.2) is 24.3 Å². The number of aliphatic carboxylic acids is 1. The molecule has 4 nitrogen and oxygen atoms in total. The molecule has 0 radical (unpaired) electrons. The lowest BCUT2D eigenvalue weighted by Gasteiger charge is -2.19. The molecule has 3 N–H and O–H groups in total. The molecule has 0 bridgehead atoms. The van der Waals surface area contributed by atoms with Gasteiger partial charge in [0.15, 0.2) is 0 Å². The van der Waals surface area contributed by atoms with Gasteiger partial charge < -0.3 is 15.7 Å². The molecule has 0 fully saturated rings. The SMILES string of the molecule is CN(C)c1ccccc1C(N)C(=O)O. The van der Waals surface area contributed by atoms with E-state index < -0.39 is 12.0 Å². The maximum atomic E-state index is 10.7. The molecule has 0 aliphatic rings. The highest BCUT2D eigenvalue weighted by Gasteiger charge is 2.17. The Morgan fingerprint density at radius 1 is 1.43 bits per heavy atom. The van der Waals surface area contributed by atoms with Gasteiger partial charge in [-0.15, -0.1) is 0 Å². The van der Waals surface area contributed by atoms with Crippen molar-refractivity contribution in [2.45, 2.75) is 6.04 Å². The summed E-state index contributed by atoms with van der Waals surface area (Å²) in [7, 11) is 3.71. The van der Waals surface area contributed by atoms with Gasteiger partial charge in [-0.1, -0.05) is 18.2 Å². The molecule has 0 spiro atoms. The predicted octanol–water partition coefficient (Wildman–Crippen LogP) is 0.837. The van der Waals surface area contributed by atoms with Gasteiger partial charge in [0, 0.05) is 25.3 Å². The van der Waals surface area contributed by atoms with Crippen LogP contribution in [0.25, 0.3) is 0 Å². The molecule has 14 heavy (non-hydrogen) atoms. The summed E-state index contributed by atoms with van der Waals surface area (Å²) >= 11 is 0. The van der Waals surface area contributed by atoms with E-state index in [1.165, 1.54) is 0 Å². The monoisotopic (exact) mass is 194 g/mol. The van der Waals surface area contributed by atoms with Crippen molar-refractivity contribution in [2.24, 2.45) is 5.73 Å². The first kappa shape index (κ1) is 10.5. The highest BCUT2D eigenvalue weighted by atomic mass is 16.4. The van der Waals surface area contributed by atoms with E-state index in [1.54, 1.807) is 12.1 Å². The molecule has 0 heterocycles. The standard InChI is InChI=1S/C10H14N2O2/c1-12(2)8-6-4-3-5-7(8)9(11)10(13)14/h3-6,9H,11H2,1-2H3,(H,13,14). The first-order chi connectivity index (χ1) is 6.54. The molecule has 1 unspecified atom stereocenters. The number of carboxylic acid groups (broad SMARTS) is 1. The fourth-order valence-corrected chi connectivity index (χ4v) is 1.29. The van der Waals surface area contributed by atoms with E-state index in [0.717, 1.165) is 5.69 Å². The topological polar surface area (TPSA) is 66.6 Å². The average molecular weight is 194 g/mol. The number of nitrogens with zero attached hydrogens (tertiary/aromatic N) is 1. The minimum Gasteiger partial charge on any atom is -0.480 e. The van der Waals surface area contributed by atoms with Crippen LogP contribution in [0.5, 0.6) is 0 Å². The van der Waals surface area contributed by atoms with Crippen molar-refractivity contribution >= 4 is 11.7 Å². The number of benzene rings is 1. The normalized spacial score (nSPS) is 12.2. The number of hydrogen-bond acceptors (Lipinski definition) is 3. The third-order valence-corrected chi connectivity index (χ3v) is 2.02. The minimum absolute atomic E-state index is 0.630. The van der Waals surface area contributed by atoms with Crippen molar-refractivity contribution in [1.29, 1.82) is 0 Å². The molecule has 1 rings (SSSR count). The van der Waals surface area contributed by atoms with E-state index in [4.69, 9.17) is 10.8 Å². The van der Waals surface area contributed by atoms with Crippen LogP contribution in [-0.2, 0) is 4.79 Å². The van der Waals surface area contributed by atoms with Gasteiger partial charge in [-0.25, -0.2) is 0 Å². The number of rotatable bonds is 3. The maximum absolute atomic E-state index is 10.7. The Balaban J connectivity index is 3.13. The average Bonchev–Trinajstić information content (AvgIpc) is 2.16. The van der Waals surface area contributed by atoms with Gasteiger partial charge in [0.2, 0.25) is 0 Å². The summed E-state index contributed by atoms with van der Waals surface area (Å²) in [6.07, 6.45) is 0. The second-order valence-electron chi connectivity index (χ2n) is 3.27. The third-order valence-electron chi connectivity index (χ3n) is 2.02. The largest absolute Gasteiger partial charge is 0.480 e. The third kappa shape index (κ3) is 2.03. The lowest BCUT2D eigenvalue weighted by atomic mass is 10.1. The molecule has 0 aliphatic heterocycles. The summed E-state index contributed by atoms with van der Waals surface area (Å²) in [4.78, 5) is 12.6. The number of carboxylic acids is 1. The first-order valence-corrected chi connectivity index (χ1v) is 4.28. The van der Waals surface area contributed by atoms with Gasteiger partial charge in [-0.3, -0.25) is 4.79 Å². The van der Waals surface area contributed by atoms with Gasteiger partial charge in [-0.2, -0.15) is 0 Å². The molecular formula is C10H14N2O2. The molecule has 0 amide bonds. The van der Waals surface area contributed by atoms with Crippen LogP contribution >= 0.6 is 0 Å². The van der Waals surface area contributed by atoms with Crippen molar-refractivity contribution < 1.29 is 9.90 Å². The van der Waals surface area contributed by atoms with Gasteiger partial charge in [-0.05, 0) is 6.07 Å². The highest BCUT2D eigenvalue weighted by Crippen LogP contribution is 2.23. The number of hydrogen-bond donors (Lipinski definition) is 2. The Morgan fingerprint density at radius 3 is 2.50 bits per heavy atom. The smallest absolute Gasteiger partial charge is 0.325 e. The van der Waals surface area contributed by atoms with Crippen LogP contribution in [0.1, 0.15) is 11.6 Å². The second kappa shape index (κ2) is 4.11. The van der Waals surface area contributed by atoms with Crippen molar-refractivity contribution in [2.75, 3.05) is 19.0 Å². The molecule has 1 aromatic rings. The van der Waals surface area contributed by atoms with Crippen LogP contribution in [0.3, 0.4) is 0 Å². The van der Waals surface area contributed by atoms with E-state index in [2.05, 4.69) is 0 Å². The zero-order valence-electron chi connectivity index (χ0n) is 8.27. The minimum atomic E-state index is -1.01. The maximum Gasteiger partial charge on any atom is 0.325 e. The van der Waals surface area contributed by atoms with Crippen molar-refractivity contribution in [1.82, 2.24) is 0 Å². The fourth-order valence-electron chi connectivity index (χ4n) is 1.29. The van der Waals surface area contributed by atoms with E-state index in [-0.39, 0.29) is 0 Å². The van der Waals surface area contributed by atoms with Crippen LogP contribution < -0.4 is 10.6 Å². The van der Waals surface area contributed by atoms with Gasteiger partial charge in [0.25, 0.3) is 0 Å². The van der Waals surface area contributed by atoms with Crippen molar-refractivity contribution in [3.63, 3.8) is 0 Å². The second-order valence-corrected chi connectivity index (χ2v) is 3.27. The Hall–Kier alpha value is -1.55. The number of para-hydroxylation sites is 1. The van der Waals surface area contributed by atoms with Crippen LogP contribution in [0.4, 0.5) is 5.69 Å². The van der Waals surface area contributed by atoms with Crippen LogP contribution in [0, 0.1) is 0 Å². The summed E-state index contributed by atoms with van der Waals surface area (Å²) in [5.41, 5.74) is 7.02. The molecule has 0 saturated heterocycles. The van der Waals surface area contributed by atoms with Crippen molar-refractivity contribution in [3.8, 4) is 0 Å². The van der Waals surface area contributed by atoms with Crippen molar-refractivity contribution in [3.05, 3.63) is 29.8 Å². The summed E-state index contributed by atoms with van der Waals surface area (Å²) in [6.45, 7) is 0. The van der Waals surface area contributed by atoms with E-state index in [1.807, 2.05) is 31.1 Å². The lowest BCUT2D eigenvalue weighted by Crippen LogP contribution is -2.23. The highest BCUT2D eigenvalue weighted by molar-refractivity contribution is 5.78. The van der Waals surface area contributed by atoms with E-state index >= 15 is 0 Å². The van der Waals surface area contributed by atoms with E-state index in [9.17, 15) is 4.79 Å². The van der Waals surface area contributed by atoms with Crippen LogP contribution in [-0.4, -0.2) is 25.2 Å². The zero-order valence-corrected chi connectivity index (χ0v) is 8.27. The number of carbonyl (C=O) groups is 1. The molecule has 0 aliphatic carbocycles. The Morgan fingerprint density at radius 2 is 2.00 bits per heavy atom. The van der Waals surface area contributed by atoms with Gasteiger partial charge in [0.1, 0.15) is 6.04 Å². The summed E-state index contributed by atoms with van der Waals surface area (Å²) < 4.78 is 0. The Kier molecular flexibility index (Phi) is 3.09.